The van der Waals surface area contributed by atoms with Gasteiger partial charge in [0.2, 0.25) is 0 Å². The van der Waals surface area contributed by atoms with Gasteiger partial charge in [0, 0.05) is 45.5 Å². The van der Waals surface area contributed by atoms with Crippen molar-refractivity contribution in [3.63, 3.8) is 0 Å². The van der Waals surface area contributed by atoms with Crippen LogP contribution in [0, 0.1) is 0 Å². The van der Waals surface area contributed by atoms with Gasteiger partial charge in [-0.15, -0.1) is 0 Å². The van der Waals surface area contributed by atoms with Crippen LogP contribution in [0.2, 0.25) is 0 Å². The van der Waals surface area contributed by atoms with E-state index in [9.17, 15) is 18.0 Å². The summed E-state index contributed by atoms with van der Waals surface area (Å²) in [4.78, 5) is 22.4. The minimum Gasteiger partial charge on any atom is -0.349 e. The second-order valence-electron chi connectivity index (χ2n) is 6.71. The van der Waals surface area contributed by atoms with Crippen LogP contribution >= 0.6 is 0 Å². The molecule has 1 fully saturated rings. The zero-order valence-corrected chi connectivity index (χ0v) is 14.0. The average molecular weight is 342 g/mol. The number of nitrogens with zero attached hydrogens (tertiary/aromatic N) is 4. The van der Waals surface area contributed by atoms with E-state index in [0.29, 0.717) is 24.9 Å². The molecular weight excluding hydrogens is 321 g/mol. The quantitative estimate of drug-likeness (QED) is 0.783. The zero-order chi connectivity index (χ0) is 17.6. The molecule has 0 aliphatic carbocycles. The van der Waals surface area contributed by atoms with Gasteiger partial charge in [0.05, 0.1) is 17.2 Å². The van der Waals surface area contributed by atoms with E-state index in [1.807, 2.05) is 4.90 Å². The van der Waals surface area contributed by atoms with Crippen molar-refractivity contribution in [3.05, 3.63) is 23.4 Å². The van der Waals surface area contributed by atoms with E-state index in [-0.39, 0.29) is 11.6 Å². The number of pyridine rings is 1. The molecule has 8 heteroatoms. The number of hydrogen-bond acceptors (Lipinski definition) is 4. The van der Waals surface area contributed by atoms with E-state index in [0.717, 1.165) is 25.4 Å². The first-order valence-electron chi connectivity index (χ1n) is 8.02. The van der Waals surface area contributed by atoms with Crippen LogP contribution in [0.5, 0.6) is 0 Å². The van der Waals surface area contributed by atoms with E-state index in [1.165, 1.54) is 4.90 Å². The molecule has 2 aliphatic heterocycles. The van der Waals surface area contributed by atoms with Gasteiger partial charge in [-0.25, -0.2) is 4.98 Å². The second kappa shape index (κ2) is 5.91. The molecule has 1 amide bonds. The van der Waals surface area contributed by atoms with E-state index >= 15 is 0 Å². The first-order chi connectivity index (χ1) is 11.2. The molecule has 132 valence electrons. The number of carbonyl (C=O) groups is 1. The molecule has 0 N–H and O–H groups in total. The van der Waals surface area contributed by atoms with E-state index < -0.39 is 17.6 Å². The number of amides is 1. The number of aromatic nitrogens is 1. The Bertz CT molecular complexity index is 647. The van der Waals surface area contributed by atoms with Crippen LogP contribution in [-0.2, 0) is 6.18 Å². The number of hydrogen-bond donors (Lipinski definition) is 0. The summed E-state index contributed by atoms with van der Waals surface area (Å²) in [6.45, 7) is 6.91. The molecule has 1 atom stereocenters. The lowest BCUT2D eigenvalue weighted by Gasteiger charge is -2.43. The number of anilines is 1. The summed E-state index contributed by atoms with van der Waals surface area (Å²) in [6.07, 6.45) is -3.69. The molecule has 1 saturated heterocycles. The fraction of sp³-hybridized carbons (Fsp3) is 0.625. The zero-order valence-electron chi connectivity index (χ0n) is 14.0. The van der Waals surface area contributed by atoms with Gasteiger partial charge >= 0.3 is 6.18 Å². The topological polar surface area (TPSA) is 39.7 Å². The van der Waals surface area contributed by atoms with Gasteiger partial charge in [-0.05, 0) is 19.9 Å². The lowest BCUT2D eigenvalue weighted by molar-refractivity contribution is -0.137. The summed E-state index contributed by atoms with van der Waals surface area (Å²) in [5.41, 5.74) is -0.852. The highest BCUT2D eigenvalue weighted by molar-refractivity contribution is 5.99. The van der Waals surface area contributed by atoms with Crippen LogP contribution in [0.25, 0.3) is 0 Å². The molecule has 0 bridgehead atoms. The van der Waals surface area contributed by atoms with Crippen molar-refractivity contribution < 1.29 is 18.0 Å². The molecular formula is C16H21F3N4O. The van der Waals surface area contributed by atoms with E-state index in [2.05, 4.69) is 23.7 Å². The van der Waals surface area contributed by atoms with Crippen LogP contribution in [0.3, 0.4) is 0 Å². The van der Waals surface area contributed by atoms with Gasteiger partial charge in [-0.3, -0.25) is 9.69 Å². The third kappa shape index (κ3) is 2.94. The van der Waals surface area contributed by atoms with Gasteiger partial charge in [0.25, 0.3) is 5.91 Å². The third-order valence-electron chi connectivity index (χ3n) is 4.77. The lowest BCUT2D eigenvalue weighted by atomic mass is 10.1. The number of fused-ring (bicyclic) bond motifs is 3. The summed E-state index contributed by atoms with van der Waals surface area (Å²) in [5.74, 6) is -0.0418. The van der Waals surface area contributed by atoms with E-state index in [4.69, 9.17) is 0 Å². The molecule has 1 aromatic rings. The molecule has 5 nitrogen and oxygen atoms in total. The predicted molar refractivity (Wildman–Crippen MR) is 84.0 cm³/mol. The Balaban J connectivity index is 2.01. The average Bonchev–Trinajstić information content (AvgIpc) is 2.61. The number of alkyl halides is 3. The Morgan fingerprint density at radius 1 is 1.25 bits per heavy atom. The maximum atomic E-state index is 13.0. The summed E-state index contributed by atoms with van der Waals surface area (Å²) < 4.78 is 38.9. The Morgan fingerprint density at radius 3 is 2.58 bits per heavy atom. The van der Waals surface area contributed by atoms with Crippen molar-refractivity contribution in [1.29, 1.82) is 0 Å². The van der Waals surface area contributed by atoms with Crippen LogP contribution < -0.4 is 4.90 Å². The Labute approximate surface area is 139 Å². The van der Waals surface area contributed by atoms with Crippen LogP contribution in [0.1, 0.15) is 29.8 Å². The molecule has 0 unspecified atom stereocenters. The number of halogens is 3. The van der Waals surface area contributed by atoms with Crippen molar-refractivity contribution in [2.24, 2.45) is 0 Å². The Hall–Kier alpha value is -1.83. The summed E-state index contributed by atoms with van der Waals surface area (Å²) in [7, 11) is 1.63. The monoisotopic (exact) mass is 342 g/mol. The Morgan fingerprint density at radius 2 is 1.96 bits per heavy atom. The molecule has 3 rings (SSSR count). The molecule has 2 aliphatic rings. The summed E-state index contributed by atoms with van der Waals surface area (Å²) in [6, 6.07) is 1.34. The van der Waals surface area contributed by atoms with Crippen molar-refractivity contribution in [2.45, 2.75) is 32.1 Å². The highest BCUT2D eigenvalue weighted by Gasteiger charge is 2.39. The van der Waals surface area contributed by atoms with Crippen LogP contribution in [0.4, 0.5) is 19.0 Å². The van der Waals surface area contributed by atoms with Crippen molar-refractivity contribution in [3.8, 4) is 0 Å². The van der Waals surface area contributed by atoms with E-state index in [1.54, 1.807) is 7.05 Å². The highest BCUT2D eigenvalue weighted by Crippen LogP contribution is 2.34. The molecule has 1 aromatic heterocycles. The van der Waals surface area contributed by atoms with Crippen molar-refractivity contribution in [1.82, 2.24) is 14.8 Å². The van der Waals surface area contributed by atoms with Crippen LogP contribution in [0.15, 0.2) is 12.3 Å². The third-order valence-corrected chi connectivity index (χ3v) is 4.77. The molecule has 3 heterocycles. The molecule has 0 radical (unpaired) electrons. The van der Waals surface area contributed by atoms with Gasteiger partial charge in [-0.1, -0.05) is 0 Å². The highest BCUT2D eigenvalue weighted by atomic mass is 19.4. The van der Waals surface area contributed by atoms with Gasteiger partial charge < -0.3 is 9.80 Å². The summed E-state index contributed by atoms with van der Waals surface area (Å²) >= 11 is 0. The first-order valence-corrected chi connectivity index (χ1v) is 8.02. The lowest BCUT2D eigenvalue weighted by Crippen LogP contribution is -2.57. The largest absolute Gasteiger partial charge is 0.417 e. The van der Waals surface area contributed by atoms with Gasteiger partial charge in [0.1, 0.15) is 5.82 Å². The first kappa shape index (κ1) is 17.0. The fourth-order valence-electron chi connectivity index (χ4n) is 3.39. The smallest absolute Gasteiger partial charge is 0.349 e. The molecule has 0 spiro atoms. The van der Waals surface area contributed by atoms with Crippen LogP contribution in [-0.4, -0.2) is 66.0 Å². The molecule has 0 aromatic carbocycles. The molecule has 24 heavy (non-hydrogen) atoms. The maximum absolute atomic E-state index is 13.0. The number of rotatable bonds is 1. The summed E-state index contributed by atoms with van der Waals surface area (Å²) in [5, 5.41) is 0. The second-order valence-corrected chi connectivity index (χ2v) is 6.71. The fourth-order valence-corrected chi connectivity index (χ4v) is 3.39. The number of piperazine rings is 1. The minimum absolute atomic E-state index is 0.0283. The van der Waals surface area contributed by atoms with Crippen molar-refractivity contribution >= 4 is 11.7 Å². The predicted octanol–water partition coefficient (Wildman–Crippen LogP) is 2.08. The SMILES string of the molecule is CC(C)N1CCN2c3ncc(C(F)(F)F)cc3C(=O)N(C)C[C@@H]2C1. The standard InChI is InChI=1S/C16H21F3N4O/c1-10(2)22-4-5-23-12(9-22)8-21(3)15(24)13-6-11(16(17,18)19)7-20-14(13)23/h6-7,10,12H,4-5,8-9H2,1-3H3/t12-/m1/s1. The van der Waals surface area contributed by atoms with Crippen molar-refractivity contribution in [2.75, 3.05) is 38.1 Å². The maximum Gasteiger partial charge on any atom is 0.417 e. The normalized spacial score (nSPS) is 22.5. The number of carbonyl (C=O) groups excluding carboxylic acids is 1. The number of likely N-dealkylation sites (N-methyl/N-ethyl adjacent to an activating group) is 1. The van der Waals surface area contributed by atoms with Gasteiger partial charge in [-0.2, -0.15) is 13.2 Å². The Kier molecular flexibility index (Phi) is 4.19. The minimum atomic E-state index is -4.51. The molecule has 0 saturated carbocycles. The van der Waals surface area contributed by atoms with Gasteiger partial charge in [0.15, 0.2) is 0 Å².